The van der Waals surface area contributed by atoms with Gasteiger partial charge in [0, 0.05) is 30.5 Å². The Morgan fingerprint density at radius 2 is 2.05 bits per heavy atom. The van der Waals surface area contributed by atoms with Crippen LogP contribution in [0.15, 0.2) is 36.5 Å². The van der Waals surface area contributed by atoms with Gasteiger partial charge >= 0.3 is 0 Å². The number of aryl methyl sites for hydroxylation is 1. The number of rotatable bonds is 5. The Morgan fingerprint density at radius 3 is 2.74 bits per heavy atom. The van der Waals surface area contributed by atoms with Crippen LogP contribution in [0.5, 0.6) is 0 Å². The van der Waals surface area contributed by atoms with Crippen molar-refractivity contribution in [3.8, 4) is 0 Å². The third-order valence-corrected chi connectivity index (χ3v) is 3.07. The van der Waals surface area contributed by atoms with E-state index in [-0.39, 0.29) is 0 Å². The van der Waals surface area contributed by atoms with Gasteiger partial charge in [-0.25, -0.2) is 4.98 Å². The summed E-state index contributed by atoms with van der Waals surface area (Å²) in [5.41, 5.74) is 8.93. The Morgan fingerprint density at radius 1 is 1.21 bits per heavy atom. The molecule has 4 heteroatoms. The summed E-state index contributed by atoms with van der Waals surface area (Å²) in [6.07, 6.45) is 1.81. The summed E-state index contributed by atoms with van der Waals surface area (Å²) in [5, 5.41) is 0. The molecule has 0 radical (unpaired) electrons. The van der Waals surface area contributed by atoms with E-state index in [1.54, 1.807) is 6.20 Å². The van der Waals surface area contributed by atoms with Crippen molar-refractivity contribution in [3.05, 3.63) is 53.5 Å². The third-order valence-electron chi connectivity index (χ3n) is 3.07. The first kappa shape index (κ1) is 13.5. The molecule has 0 saturated heterocycles. The summed E-state index contributed by atoms with van der Waals surface area (Å²) >= 11 is 0. The summed E-state index contributed by atoms with van der Waals surface area (Å²) in [6.45, 7) is 6.25. The van der Waals surface area contributed by atoms with Crippen LogP contribution in [0.4, 0.5) is 5.82 Å². The van der Waals surface area contributed by atoms with Gasteiger partial charge in [0.25, 0.3) is 0 Å². The van der Waals surface area contributed by atoms with Crippen LogP contribution in [0.3, 0.4) is 0 Å². The van der Waals surface area contributed by atoms with Crippen molar-refractivity contribution < 1.29 is 0 Å². The number of pyridine rings is 2. The molecule has 100 valence electrons. The topological polar surface area (TPSA) is 55.0 Å². The zero-order valence-corrected chi connectivity index (χ0v) is 11.5. The fourth-order valence-corrected chi connectivity index (χ4v) is 2.09. The van der Waals surface area contributed by atoms with Gasteiger partial charge in [0.05, 0.1) is 12.2 Å². The van der Waals surface area contributed by atoms with E-state index in [4.69, 9.17) is 5.73 Å². The van der Waals surface area contributed by atoms with E-state index < -0.39 is 0 Å². The SMILES string of the molecule is CCN(Cc1cccc(C)n1)c1ncccc1CN. The third kappa shape index (κ3) is 3.29. The van der Waals surface area contributed by atoms with E-state index in [2.05, 4.69) is 21.8 Å². The maximum atomic E-state index is 5.78. The van der Waals surface area contributed by atoms with Gasteiger partial charge in [-0.15, -0.1) is 0 Å². The molecule has 2 N–H and O–H groups in total. The van der Waals surface area contributed by atoms with Crippen LogP contribution in [0.25, 0.3) is 0 Å². The van der Waals surface area contributed by atoms with Crippen LogP contribution in [-0.4, -0.2) is 16.5 Å². The maximum Gasteiger partial charge on any atom is 0.133 e. The van der Waals surface area contributed by atoms with E-state index in [0.717, 1.165) is 35.9 Å². The largest absolute Gasteiger partial charge is 0.351 e. The van der Waals surface area contributed by atoms with Crippen LogP contribution in [0.2, 0.25) is 0 Å². The lowest BCUT2D eigenvalue weighted by atomic mass is 10.2. The van der Waals surface area contributed by atoms with Gasteiger partial charge in [-0.05, 0) is 32.0 Å². The van der Waals surface area contributed by atoms with Crippen molar-refractivity contribution in [2.24, 2.45) is 5.73 Å². The average Bonchev–Trinajstić information content (AvgIpc) is 2.45. The molecule has 2 aromatic rings. The summed E-state index contributed by atoms with van der Waals surface area (Å²) in [7, 11) is 0. The van der Waals surface area contributed by atoms with Crippen molar-refractivity contribution in [1.29, 1.82) is 0 Å². The molecule has 0 unspecified atom stereocenters. The Hall–Kier alpha value is -1.94. The maximum absolute atomic E-state index is 5.78. The van der Waals surface area contributed by atoms with E-state index in [9.17, 15) is 0 Å². The highest BCUT2D eigenvalue weighted by Crippen LogP contribution is 2.18. The standard InChI is InChI=1S/C15H20N4/c1-3-19(11-14-8-4-6-12(2)18-14)15-13(10-16)7-5-9-17-15/h4-9H,3,10-11,16H2,1-2H3. The number of hydrogen-bond acceptors (Lipinski definition) is 4. The van der Waals surface area contributed by atoms with Gasteiger partial charge < -0.3 is 10.6 Å². The fraction of sp³-hybridized carbons (Fsp3) is 0.333. The van der Waals surface area contributed by atoms with Crippen molar-refractivity contribution in [3.63, 3.8) is 0 Å². The van der Waals surface area contributed by atoms with Gasteiger partial charge in [-0.2, -0.15) is 0 Å². The molecule has 0 aromatic carbocycles. The second-order valence-corrected chi connectivity index (χ2v) is 4.47. The van der Waals surface area contributed by atoms with E-state index in [1.807, 2.05) is 37.3 Å². The van der Waals surface area contributed by atoms with Crippen molar-refractivity contribution in [2.45, 2.75) is 26.9 Å². The lowest BCUT2D eigenvalue weighted by Gasteiger charge is -2.23. The molecule has 2 aromatic heterocycles. The molecule has 0 atom stereocenters. The normalized spacial score (nSPS) is 10.5. The molecular weight excluding hydrogens is 236 g/mol. The summed E-state index contributed by atoms with van der Waals surface area (Å²) < 4.78 is 0. The zero-order chi connectivity index (χ0) is 13.7. The molecule has 0 amide bonds. The van der Waals surface area contributed by atoms with Crippen molar-refractivity contribution in [1.82, 2.24) is 9.97 Å². The van der Waals surface area contributed by atoms with Crippen LogP contribution in [0, 0.1) is 6.92 Å². The van der Waals surface area contributed by atoms with Gasteiger partial charge in [-0.1, -0.05) is 12.1 Å². The highest BCUT2D eigenvalue weighted by Gasteiger charge is 2.11. The summed E-state index contributed by atoms with van der Waals surface area (Å²) in [6, 6.07) is 10.0. The van der Waals surface area contributed by atoms with Gasteiger partial charge in [0.2, 0.25) is 0 Å². The quantitative estimate of drug-likeness (QED) is 0.891. The lowest BCUT2D eigenvalue weighted by molar-refractivity contribution is 0.781. The van der Waals surface area contributed by atoms with Crippen LogP contribution >= 0.6 is 0 Å². The number of anilines is 1. The number of nitrogens with zero attached hydrogens (tertiary/aromatic N) is 3. The van der Waals surface area contributed by atoms with E-state index >= 15 is 0 Å². The van der Waals surface area contributed by atoms with E-state index in [1.165, 1.54) is 0 Å². The first-order valence-corrected chi connectivity index (χ1v) is 6.56. The highest BCUT2D eigenvalue weighted by molar-refractivity contribution is 5.46. The van der Waals surface area contributed by atoms with Crippen molar-refractivity contribution >= 4 is 5.82 Å². The molecule has 19 heavy (non-hydrogen) atoms. The minimum atomic E-state index is 0.501. The first-order valence-electron chi connectivity index (χ1n) is 6.56. The monoisotopic (exact) mass is 256 g/mol. The van der Waals surface area contributed by atoms with Crippen LogP contribution < -0.4 is 10.6 Å². The Balaban J connectivity index is 2.25. The highest BCUT2D eigenvalue weighted by atomic mass is 15.2. The van der Waals surface area contributed by atoms with Gasteiger partial charge in [0.15, 0.2) is 0 Å². The number of hydrogen-bond donors (Lipinski definition) is 1. The van der Waals surface area contributed by atoms with Crippen LogP contribution in [-0.2, 0) is 13.1 Å². The molecule has 0 aliphatic heterocycles. The zero-order valence-electron chi connectivity index (χ0n) is 11.5. The molecule has 0 spiro atoms. The second-order valence-electron chi connectivity index (χ2n) is 4.47. The predicted octanol–water partition coefficient (Wildman–Crippen LogP) is 2.27. The second kappa shape index (κ2) is 6.29. The fourth-order valence-electron chi connectivity index (χ4n) is 2.09. The van der Waals surface area contributed by atoms with Crippen LogP contribution in [0.1, 0.15) is 23.9 Å². The summed E-state index contributed by atoms with van der Waals surface area (Å²) in [4.78, 5) is 11.2. The Kier molecular flexibility index (Phi) is 4.47. The Labute approximate surface area is 114 Å². The molecular formula is C15H20N4. The molecule has 0 bridgehead atoms. The average molecular weight is 256 g/mol. The number of aromatic nitrogens is 2. The Bertz CT molecular complexity index is 539. The van der Waals surface area contributed by atoms with E-state index in [0.29, 0.717) is 6.54 Å². The van der Waals surface area contributed by atoms with Gasteiger partial charge in [0.1, 0.15) is 5.82 Å². The molecule has 0 saturated carbocycles. The predicted molar refractivity (Wildman–Crippen MR) is 77.8 cm³/mol. The number of nitrogens with two attached hydrogens (primary N) is 1. The minimum Gasteiger partial charge on any atom is -0.351 e. The lowest BCUT2D eigenvalue weighted by Crippen LogP contribution is -2.25. The molecule has 0 aliphatic carbocycles. The molecule has 0 fully saturated rings. The minimum absolute atomic E-state index is 0.501. The molecule has 4 nitrogen and oxygen atoms in total. The van der Waals surface area contributed by atoms with Gasteiger partial charge in [-0.3, -0.25) is 4.98 Å². The molecule has 0 aliphatic rings. The summed E-state index contributed by atoms with van der Waals surface area (Å²) in [5.74, 6) is 0.954. The smallest absolute Gasteiger partial charge is 0.133 e. The molecule has 2 heterocycles. The molecule has 2 rings (SSSR count). The first-order chi connectivity index (χ1) is 9.24. The van der Waals surface area contributed by atoms with Crippen molar-refractivity contribution in [2.75, 3.05) is 11.4 Å².